The maximum atomic E-state index is 13.4. The van der Waals surface area contributed by atoms with Crippen LogP contribution in [0.15, 0.2) is 42.5 Å². The molecule has 1 N–H and O–H groups in total. The Hall–Kier alpha value is -2.38. The summed E-state index contributed by atoms with van der Waals surface area (Å²) < 4.78 is 5.42. The highest BCUT2D eigenvalue weighted by atomic mass is 32.1. The van der Waals surface area contributed by atoms with Gasteiger partial charge in [0.25, 0.3) is 0 Å². The molecular formula is C25H37N3O3S. The van der Waals surface area contributed by atoms with Crippen molar-refractivity contribution in [1.82, 2.24) is 15.1 Å². The molecule has 32 heavy (non-hydrogen) atoms. The SMILES string of the molecule is CCCCNC(=O)N(CCCOCC)CC(=O)N(Cc1ccccc1)Cc1ccc(C)s1. The molecule has 0 aliphatic rings. The summed E-state index contributed by atoms with van der Waals surface area (Å²) in [6.45, 7) is 9.54. The molecule has 1 aromatic heterocycles. The molecule has 1 aromatic carbocycles. The average molecular weight is 460 g/mol. The van der Waals surface area contributed by atoms with E-state index in [-0.39, 0.29) is 18.5 Å². The molecule has 0 bridgehead atoms. The highest BCUT2D eigenvalue weighted by molar-refractivity contribution is 7.11. The van der Waals surface area contributed by atoms with Crippen LogP contribution >= 0.6 is 11.3 Å². The summed E-state index contributed by atoms with van der Waals surface area (Å²) in [5.74, 6) is -0.0537. The van der Waals surface area contributed by atoms with Gasteiger partial charge in [-0.1, -0.05) is 43.7 Å². The zero-order valence-electron chi connectivity index (χ0n) is 19.6. The first-order valence-electron chi connectivity index (χ1n) is 11.5. The summed E-state index contributed by atoms with van der Waals surface area (Å²) in [6.07, 6.45) is 2.63. The number of ether oxygens (including phenoxy) is 1. The quantitative estimate of drug-likeness (QED) is 0.412. The number of hydrogen-bond donors (Lipinski definition) is 1. The minimum Gasteiger partial charge on any atom is -0.382 e. The van der Waals surface area contributed by atoms with Gasteiger partial charge in [-0.05, 0) is 44.4 Å². The number of thiophene rings is 1. The van der Waals surface area contributed by atoms with Crippen LogP contribution in [0.5, 0.6) is 0 Å². The minimum atomic E-state index is -0.185. The van der Waals surface area contributed by atoms with Gasteiger partial charge in [0.15, 0.2) is 0 Å². The monoisotopic (exact) mass is 459 g/mol. The van der Waals surface area contributed by atoms with Crippen LogP contribution < -0.4 is 5.32 Å². The fraction of sp³-hybridized carbons (Fsp3) is 0.520. The minimum absolute atomic E-state index is 0.0537. The number of amides is 3. The highest BCUT2D eigenvalue weighted by Crippen LogP contribution is 2.19. The molecule has 0 atom stereocenters. The van der Waals surface area contributed by atoms with E-state index in [9.17, 15) is 9.59 Å². The molecule has 2 aromatic rings. The van der Waals surface area contributed by atoms with Gasteiger partial charge in [-0.25, -0.2) is 4.79 Å². The summed E-state index contributed by atoms with van der Waals surface area (Å²) in [5, 5.41) is 2.95. The molecule has 2 rings (SSSR count). The van der Waals surface area contributed by atoms with Gasteiger partial charge in [-0.15, -0.1) is 11.3 Å². The second kappa shape index (κ2) is 14.6. The predicted molar refractivity (Wildman–Crippen MR) is 131 cm³/mol. The fourth-order valence-electron chi connectivity index (χ4n) is 3.30. The number of nitrogens with one attached hydrogen (secondary N) is 1. The Balaban J connectivity index is 2.09. The third kappa shape index (κ3) is 9.40. The predicted octanol–water partition coefficient (Wildman–Crippen LogP) is 4.82. The van der Waals surface area contributed by atoms with Crippen molar-refractivity contribution in [2.45, 2.75) is 53.1 Å². The molecular weight excluding hydrogens is 422 g/mol. The molecule has 176 valence electrons. The van der Waals surface area contributed by atoms with Crippen molar-refractivity contribution in [3.8, 4) is 0 Å². The van der Waals surface area contributed by atoms with E-state index in [0.29, 0.717) is 45.8 Å². The highest BCUT2D eigenvalue weighted by Gasteiger charge is 2.22. The normalized spacial score (nSPS) is 10.7. The van der Waals surface area contributed by atoms with Crippen molar-refractivity contribution < 1.29 is 14.3 Å². The van der Waals surface area contributed by atoms with Crippen molar-refractivity contribution in [3.05, 3.63) is 57.8 Å². The molecule has 0 unspecified atom stereocenters. The van der Waals surface area contributed by atoms with E-state index in [2.05, 4.69) is 31.3 Å². The summed E-state index contributed by atoms with van der Waals surface area (Å²) in [5.41, 5.74) is 1.07. The van der Waals surface area contributed by atoms with Crippen molar-refractivity contribution in [1.29, 1.82) is 0 Å². The number of benzene rings is 1. The number of rotatable bonds is 14. The van der Waals surface area contributed by atoms with Gasteiger partial charge < -0.3 is 19.9 Å². The fourth-order valence-corrected chi connectivity index (χ4v) is 4.20. The Labute approximate surface area is 196 Å². The lowest BCUT2D eigenvalue weighted by Crippen LogP contribution is -2.47. The topological polar surface area (TPSA) is 61.9 Å². The second-order valence-corrected chi connectivity index (χ2v) is 9.18. The first kappa shape index (κ1) is 25.9. The zero-order valence-corrected chi connectivity index (χ0v) is 20.5. The maximum absolute atomic E-state index is 13.4. The van der Waals surface area contributed by atoms with E-state index in [0.717, 1.165) is 23.3 Å². The lowest BCUT2D eigenvalue weighted by Gasteiger charge is -2.28. The Morgan fingerprint density at radius 2 is 1.78 bits per heavy atom. The molecule has 0 spiro atoms. The molecule has 3 amide bonds. The van der Waals surface area contributed by atoms with Crippen molar-refractivity contribution in [2.75, 3.05) is 32.8 Å². The molecule has 1 heterocycles. The van der Waals surface area contributed by atoms with Gasteiger partial charge in [-0.2, -0.15) is 0 Å². The average Bonchev–Trinajstić information content (AvgIpc) is 3.20. The largest absolute Gasteiger partial charge is 0.382 e. The number of carbonyl (C=O) groups excluding carboxylic acids is 2. The van der Waals surface area contributed by atoms with E-state index in [1.807, 2.05) is 42.2 Å². The molecule has 0 saturated carbocycles. The summed E-state index contributed by atoms with van der Waals surface area (Å²) >= 11 is 1.70. The zero-order chi connectivity index (χ0) is 23.2. The first-order valence-corrected chi connectivity index (χ1v) is 12.3. The van der Waals surface area contributed by atoms with Crippen molar-refractivity contribution >= 4 is 23.3 Å². The van der Waals surface area contributed by atoms with E-state index in [4.69, 9.17) is 4.74 Å². The molecule has 0 radical (unpaired) electrons. The van der Waals surface area contributed by atoms with Gasteiger partial charge in [0, 0.05) is 42.6 Å². The van der Waals surface area contributed by atoms with Crippen LogP contribution in [0, 0.1) is 6.92 Å². The van der Waals surface area contributed by atoms with E-state index in [1.54, 1.807) is 16.2 Å². The van der Waals surface area contributed by atoms with Gasteiger partial charge in [0.05, 0.1) is 6.54 Å². The first-order chi connectivity index (χ1) is 15.5. The van der Waals surface area contributed by atoms with Gasteiger partial charge >= 0.3 is 6.03 Å². The van der Waals surface area contributed by atoms with Crippen LogP contribution in [0.3, 0.4) is 0 Å². The van der Waals surface area contributed by atoms with Crippen molar-refractivity contribution in [3.63, 3.8) is 0 Å². The maximum Gasteiger partial charge on any atom is 0.317 e. The number of urea groups is 1. The molecule has 6 nitrogen and oxygen atoms in total. The molecule has 0 aliphatic carbocycles. The molecule has 0 saturated heterocycles. The van der Waals surface area contributed by atoms with Crippen LogP contribution in [0.2, 0.25) is 0 Å². The van der Waals surface area contributed by atoms with Crippen LogP contribution in [0.4, 0.5) is 4.79 Å². The Morgan fingerprint density at radius 1 is 1.00 bits per heavy atom. The second-order valence-electron chi connectivity index (χ2n) is 7.81. The number of unbranched alkanes of at least 4 members (excludes halogenated alkanes) is 1. The number of nitrogens with zero attached hydrogens (tertiary/aromatic N) is 2. The summed E-state index contributed by atoms with van der Waals surface area (Å²) in [4.78, 5) is 32.0. The molecule has 7 heteroatoms. The summed E-state index contributed by atoms with van der Waals surface area (Å²) in [7, 11) is 0. The van der Waals surface area contributed by atoms with Crippen LogP contribution in [-0.2, 0) is 22.6 Å². The standard InChI is InChI=1S/C25H37N3O3S/c1-4-6-15-26-25(30)27(16-10-17-31-5-2)20-24(29)28(18-22-11-8-7-9-12-22)19-23-14-13-21(3)32-23/h7-9,11-14H,4-6,10,15-20H2,1-3H3,(H,26,30). The third-order valence-electron chi connectivity index (χ3n) is 5.05. The molecule has 0 aliphatic heterocycles. The Bertz CT molecular complexity index is 810. The Kier molecular flexibility index (Phi) is 11.8. The number of hydrogen-bond acceptors (Lipinski definition) is 4. The third-order valence-corrected chi connectivity index (χ3v) is 6.04. The van der Waals surface area contributed by atoms with E-state index in [1.165, 1.54) is 4.88 Å². The number of carbonyl (C=O) groups is 2. The molecule has 0 fully saturated rings. The van der Waals surface area contributed by atoms with Crippen LogP contribution in [0.1, 0.15) is 48.4 Å². The van der Waals surface area contributed by atoms with E-state index < -0.39 is 0 Å². The lowest BCUT2D eigenvalue weighted by atomic mass is 10.2. The lowest BCUT2D eigenvalue weighted by molar-refractivity contribution is -0.133. The van der Waals surface area contributed by atoms with Crippen LogP contribution in [-0.4, -0.2) is 54.6 Å². The van der Waals surface area contributed by atoms with Gasteiger partial charge in [0.2, 0.25) is 5.91 Å². The van der Waals surface area contributed by atoms with Crippen LogP contribution in [0.25, 0.3) is 0 Å². The van der Waals surface area contributed by atoms with Crippen molar-refractivity contribution in [2.24, 2.45) is 0 Å². The van der Waals surface area contributed by atoms with Gasteiger partial charge in [0.1, 0.15) is 6.54 Å². The number of aryl methyl sites for hydroxylation is 1. The van der Waals surface area contributed by atoms with E-state index >= 15 is 0 Å². The summed E-state index contributed by atoms with van der Waals surface area (Å²) in [6, 6.07) is 13.9. The van der Waals surface area contributed by atoms with Gasteiger partial charge in [-0.3, -0.25) is 4.79 Å². The smallest absolute Gasteiger partial charge is 0.317 e. The Morgan fingerprint density at radius 3 is 2.44 bits per heavy atom.